The Labute approximate surface area is 133 Å². The number of carbonyl (C=O) groups is 1. The Balaban J connectivity index is 2.33. The lowest BCUT2D eigenvalue weighted by molar-refractivity contribution is 0.0965. The van der Waals surface area contributed by atoms with Gasteiger partial charge in [0.25, 0.3) is 0 Å². The highest BCUT2D eigenvalue weighted by molar-refractivity contribution is 5.95. The number of aromatic nitrogens is 2. The molecule has 3 rings (SSSR count). The molecule has 1 aromatic carbocycles. The zero-order valence-electron chi connectivity index (χ0n) is 12.3. The normalized spacial score (nSPS) is 11.2. The molecule has 0 saturated heterocycles. The first-order valence-corrected chi connectivity index (χ1v) is 7.08. The van der Waals surface area contributed by atoms with Crippen LogP contribution in [0.15, 0.2) is 73.1 Å². The van der Waals surface area contributed by atoms with Crippen LogP contribution in [-0.2, 0) is 5.60 Å². The van der Waals surface area contributed by atoms with E-state index in [0.717, 1.165) is 0 Å². The second-order valence-electron chi connectivity index (χ2n) is 5.05. The van der Waals surface area contributed by atoms with Crippen molar-refractivity contribution >= 4 is 5.91 Å². The topological polar surface area (TPSA) is 89.1 Å². The first kappa shape index (κ1) is 14.9. The lowest BCUT2D eigenvalue weighted by Gasteiger charge is -2.29. The fraction of sp³-hybridized carbons (Fsp3) is 0.0556. The van der Waals surface area contributed by atoms with Gasteiger partial charge in [-0.3, -0.25) is 14.8 Å². The number of primary amides is 1. The summed E-state index contributed by atoms with van der Waals surface area (Å²) in [4.78, 5) is 20.3. The third-order valence-electron chi connectivity index (χ3n) is 3.65. The lowest BCUT2D eigenvalue weighted by Crippen LogP contribution is -2.33. The largest absolute Gasteiger partial charge is 0.373 e. The lowest BCUT2D eigenvalue weighted by atomic mass is 9.83. The monoisotopic (exact) mass is 305 g/mol. The minimum atomic E-state index is -1.67. The van der Waals surface area contributed by atoms with E-state index in [2.05, 4.69) is 9.97 Å². The van der Waals surface area contributed by atoms with Crippen LogP contribution in [0.4, 0.5) is 0 Å². The molecular weight excluding hydrogens is 290 g/mol. The van der Waals surface area contributed by atoms with Crippen molar-refractivity contribution < 1.29 is 9.90 Å². The van der Waals surface area contributed by atoms with Crippen molar-refractivity contribution in [3.63, 3.8) is 0 Å². The quantitative estimate of drug-likeness (QED) is 0.770. The zero-order valence-corrected chi connectivity index (χ0v) is 12.3. The van der Waals surface area contributed by atoms with Gasteiger partial charge >= 0.3 is 0 Å². The van der Waals surface area contributed by atoms with Crippen LogP contribution in [0.5, 0.6) is 0 Å². The molecule has 0 spiro atoms. The van der Waals surface area contributed by atoms with E-state index in [0.29, 0.717) is 17.0 Å². The van der Waals surface area contributed by atoms with Gasteiger partial charge < -0.3 is 10.8 Å². The van der Waals surface area contributed by atoms with Crippen molar-refractivity contribution in [2.75, 3.05) is 0 Å². The molecule has 0 unspecified atom stereocenters. The van der Waals surface area contributed by atoms with Gasteiger partial charge in [0.15, 0.2) is 5.60 Å². The fourth-order valence-corrected chi connectivity index (χ4v) is 2.57. The third kappa shape index (κ3) is 2.58. The van der Waals surface area contributed by atoms with Gasteiger partial charge in [0.1, 0.15) is 0 Å². The Morgan fingerprint density at radius 1 is 0.870 bits per heavy atom. The second-order valence-corrected chi connectivity index (χ2v) is 5.05. The van der Waals surface area contributed by atoms with Gasteiger partial charge in [0, 0.05) is 23.5 Å². The molecule has 0 radical (unpaired) electrons. The van der Waals surface area contributed by atoms with E-state index in [9.17, 15) is 9.90 Å². The molecule has 0 aliphatic carbocycles. The summed E-state index contributed by atoms with van der Waals surface area (Å²) >= 11 is 0. The smallest absolute Gasteiger partial charge is 0.249 e. The molecule has 2 heterocycles. The predicted octanol–water partition coefficient (Wildman–Crippen LogP) is 1.86. The van der Waals surface area contributed by atoms with Gasteiger partial charge in [-0.1, -0.05) is 30.3 Å². The summed E-state index contributed by atoms with van der Waals surface area (Å²) in [6.07, 6.45) is 3.16. The summed E-state index contributed by atoms with van der Waals surface area (Å²) in [5.41, 5.74) is 5.12. The zero-order chi connectivity index (χ0) is 16.3. The number of rotatable bonds is 4. The summed E-state index contributed by atoms with van der Waals surface area (Å²) in [7, 11) is 0. The molecule has 0 bridgehead atoms. The number of aliphatic hydroxyl groups is 1. The number of hydrogen-bond donors (Lipinski definition) is 2. The molecule has 3 N–H and O–H groups in total. The van der Waals surface area contributed by atoms with Gasteiger partial charge in [-0.15, -0.1) is 0 Å². The number of benzene rings is 1. The van der Waals surface area contributed by atoms with Crippen LogP contribution in [0.3, 0.4) is 0 Å². The number of nitrogens with zero attached hydrogens (tertiary/aromatic N) is 2. The average Bonchev–Trinajstić information content (AvgIpc) is 2.62. The summed E-state index contributed by atoms with van der Waals surface area (Å²) in [6, 6.07) is 17.1. The third-order valence-corrected chi connectivity index (χ3v) is 3.65. The minimum absolute atomic E-state index is 0.228. The van der Waals surface area contributed by atoms with Crippen LogP contribution in [0.1, 0.15) is 27.3 Å². The standard InChI is InChI=1S/C18H15N3O2/c19-17(22)13-7-1-2-8-14(13)18(23,15-9-3-5-11-20-15)16-10-4-6-12-21-16/h1-12,23H,(H2,19,22). The van der Waals surface area contributed by atoms with E-state index in [1.807, 2.05) is 0 Å². The molecule has 0 aliphatic rings. The molecule has 2 aromatic heterocycles. The maximum atomic E-state index is 11.8. The van der Waals surface area contributed by atoms with E-state index in [1.165, 1.54) is 0 Å². The Hall–Kier alpha value is -3.05. The molecule has 114 valence electrons. The number of amides is 1. The average molecular weight is 305 g/mol. The number of pyridine rings is 2. The van der Waals surface area contributed by atoms with E-state index in [4.69, 9.17) is 5.73 Å². The molecule has 1 amide bonds. The van der Waals surface area contributed by atoms with Gasteiger partial charge in [0.2, 0.25) is 5.91 Å². The first-order valence-electron chi connectivity index (χ1n) is 7.08. The first-order chi connectivity index (χ1) is 11.1. The maximum Gasteiger partial charge on any atom is 0.249 e. The molecule has 5 heteroatoms. The Bertz CT molecular complexity index is 780. The molecule has 3 aromatic rings. The van der Waals surface area contributed by atoms with Crippen LogP contribution < -0.4 is 5.73 Å². The number of hydrogen-bond acceptors (Lipinski definition) is 4. The molecule has 0 aliphatic heterocycles. The van der Waals surface area contributed by atoms with Gasteiger partial charge in [-0.25, -0.2) is 0 Å². The molecule has 0 saturated carbocycles. The fourth-order valence-electron chi connectivity index (χ4n) is 2.57. The van der Waals surface area contributed by atoms with Crippen molar-refractivity contribution in [3.8, 4) is 0 Å². The summed E-state index contributed by atoms with van der Waals surface area (Å²) < 4.78 is 0. The van der Waals surface area contributed by atoms with Gasteiger partial charge in [-0.05, 0) is 30.3 Å². The molecule has 23 heavy (non-hydrogen) atoms. The maximum absolute atomic E-state index is 11.8. The second kappa shape index (κ2) is 5.98. The van der Waals surface area contributed by atoms with Crippen LogP contribution in [-0.4, -0.2) is 21.0 Å². The summed E-state index contributed by atoms with van der Waals surface area (Å²) in [5.74, 6) is -0.620. The van der Waals surface area contributed by atoms with E-state index >= 15 is 0 Å². The van der Waals surface area contributed by atoms with Crippen molar-refractivity contribution in [2.45, 2.75) is 5.60 Å². The Morgan fingerprint density at radius 2 is 1.39 bits per heavy atom. The molecule has 5 nitrogen and oxygen atoms in total. The van der Waals surface area contributed by atoms with E-state index < -0.39 is 11.5 Å². The van der Waals surface area contributed by atoms with Crippen LogP contribution >= 0.6 is 0 Å². The van der Waals surface area contributed by atoms with Crippen LogP contribution in [0, 0.1) is 0 Å². The predicted molar refractivity (Wildman–Crippen MR) is 85.5 cm³/mol. The number of nitrogens with two attached hydrogens (primary N) is 1. The highest BCUT2D eigenvalue weighted by atomic mass is 16.3. The summed E-state index contributed by atoms with van der Waals surface area (Å²) in [5, 5.41) is 11.5. The van der Waals surface area contributed by atoms with Crippen LogP contribution in [0.2, 0.25) is 0 Å². The van der Waals surface area contributed by atoms with Gasteiger partial charge in [-0.2, -0.15) is 0 Å². The summed E-state index contributed by atoms with van der Waals surface area (Å²) in [6.45, 7) is 0. The molecule has 0 atom stereocenters. The van der Waals surface area contributed by atoms with Gasteiger partial charge in [0.05, 0.1) is 11.4 Å². The molecule has 0 fully saturated rings. The van der Waals surface area contributed by atoms with Crippen molar-refractivity contribution in [1.82, 2.24) is 9.97 Å². The van der Waals surface area contributed by atoms with Crippen molar-refractivity contribution in [2.24, 2.45) is 5.73 Å². The van der Waals surface area contributed by atoms with E-state index in [1.54, 1.807) is 73.1 Å². The highest BCUT2D eigenvalue weighted by Crippen LogP contribution is 2.35. The highest BCUT2D eigenvalue weighted by Gasteiger charge is 2.39. The minimum Gasteiger partial charge on any atom is -0.373 e. The SMILES string of the molecule is NC(=O)c1ccccc1C(O)(c1ccccn1)c1ccccn1. The van der Waals surface area contributed by atoms with E-state index in [-0.39, 0.29) is 5.56 Å². The van der Waals surface area contributed by atoms with Crippen molar-refractivity contribution in [1.29, 1.82) is 0 Å². The molecular formula is C18H15N3O2. The Kier molecular flexibility index (Phi) is 3.87. The van der Waals surface area contributed by atoms with Crippen molar-refractivity contribution in [3.05, 3.63) is 95.6 Å². The van der Waals surface area contributed by atoms with Crippen LogP contribution in [0.25, 0.3) is 0 Å². The Morgan fingerprint density at radius 3 is 1.87 bits per heavy atom. The number of carbonyl (C=O) groups excluding carboxylic acids is 1.